The molecule has 0 saturated carbocycles. The average Bonchev–Trinajstić information content (AvgIpc) is 2.44. The van der Waals surface area contributed by atoms with Gasteiger partial charge in [0, 0.05) is 10.5 Å². The first kappa shape index (κ1) is 8.14. The molecule has 0 fully saturated rings. The van der Waals surface area contributed by atoms with E-state index >= 15 is 0 Å². The molecule has 1 radical (unpaired) electrons. The summed E-state index contributed by atoms with van der Waals surface area (Å²) in [6.45, 7) is 4.01. The van der Waals surface area contributed by atoms with E-state index in [2.05, 4.69) is 36.1 Å². The summed E-state index contributed by atoms with van der Waals surface area (Å²) in [5, 5.41) is 4.29. The first-order chi connectivity index (χ1) is 5.83. The van der Waals surface area contributed by atoms with Crippen LogP contribution in [0.15, 0.2) is 27.8 Å². The molecule has 0 aromatic rings. The molecular formula is C10H9S2. The molecule has 0 nitrogen and oxygen atoms in total. The van der Waals surface area contributed by atoms with Crippen LogP contribution >= 0.6 is 23.1 Å². The Bertz CT molecular complexity index is 362. The molecule has 0 saturated heterocycles. The van der Waals surface area contributed by atoms with Crippen molar-refractivity contribution in [2.45, 2.75) is 4.90 Å². The minimum Gasteiger partial charge on any atom is -0.152 e. The molecule has 0 aromatic carbocycles. The summed E-state index contributed by atoms with van der Waals surface area (Å²) in [4.78, 5) is 1.34. The van der Waals surface area contributed by atoms with E-state index in [0.29, 0.717) is 0 Å². The van der Waals surface area contributed by atoms with Crippen LogP contribution < -0.4 is 0 Å². The monoisotopic (exact) mass is 193 g/mol. The highest BCUT2D eigenvalue weighted by atomic mass is 32.2. The fourth-order valence-corrected chi connectivity index (χ4v) is 2.73. The van der Waals surface area contributed by atoms with Crippen molar-refractivity contribution in [2.75, 3.05) is 6.26 Å². The largest absolute Gasteiger partial charge is 0.152 e. The van der Waals surface area contributed by atoms with E-state index < -0.39 is 0 Å². The van der Waals surface area contributed by atoms with E-state index in [1.54, 1.807) is 23.1 Å². The van der Waals surface area contributed by atoms with Crippen molar-refractivity contribution >= 4 is 23.1 Å². The van der Waals surface area contributed by atoms with E-state index in [1.165, 1.54) is 16.0 Å². The Morgan fingerprint density at radius 1 is 1.42 bits per heavy atom. The standard InChI is InChI=1S/C10H9S2/c1-7-5-10(11-2)9-6-12-4-3-8(7)9/h3-6H,1H2,2H3. The lowest BCUT2D eigenvalue weighted by atomic mass is 10.1. The lowest BCUT2D eigenvalue weighted by Gasteiger charge is -1.99. The van der Waals surface area contributed by atoms with Crippen LogP contribution in [0, 0.1) is 6.92 Å². The van der Waals surface area contributed by atoms with E-state index in [1.807, 2.05) is 0 Å². The van der Waals surface area contributed by atoms with Crippen molar-refractivity contribution in [3.8, 4) is 11.1 Å². The predicted molar refractivity (Wildman–Crippen MR) is 57.2 cm³/mol. The Morgan fingerprint density at radius 2 is 2.25 bits per heavy atom. The van der Waals surface area contributed by atoms with Gasteiger partial charge in [-0.1, -0.05) is 0 Å². The molecule has 0 amide bonds. The van der Waals surface area contributed by atoms with Crippen LogP contribution in [0.2, 0.25) is 0 Å². The fraction of sp³-hybridized carbons (Fsp3) is 0.100. The van der Waals surface area contributed by atoms with E-state index in [0.717, 1.165) is 5.56 Å². The Hall–Kier alpha value is -0.470. The van der Waals surface area contributed by atoms with Gasteiger partial charge in [-0.15, -0.1) is 11.8 Å². The lowest BCUT2D eigenvalue weighted by molar-refractivity contribution is 1.58. The topological polar surface area (TPSA) is 0 Å². The average molecular weight is 193 g/mol. The second-order valence-corrected chi connectivity index (χ2v) is 4.25. The highest BCUT2D eigenvalue weighted by molar-refractivity contribution is 7.98. The highest BCUT2D eigenvalue weighted by Gasteiger charge is 2.11. The molecule has 1 aliphatic heterocycles. The van der Waals surface area contributed by atoms with Gasteiger partial charge < -0.3 is 0 Å². The number of thioether (sulfide) groups is 1. The Balaban J connectivity index is 2.70. The van der Waals surface area contributed by atoms with Crippen LogP contribution in [-0.4, -0.2) is 6.26 Å². The van der Waals surface area contributed by atoms with Crippen molar-refractivity contribution in [1.82, 2.24) is 0 Å². The molecule has 0 aromatic heterocycles. The minimum absolute atomic E-state index is 1.14. The second kappa shape index (κ2) is 3.11. The number of rotatable bonds is 1. The van der Waals surface area contributed by atoms with E-state index in [4.69, 9.17) is 0 Å². The van der Waals surface area contributed by atoms with Crippen molar-refractivity contribution in [3.63, 3.8) is 0 Å². The molecule has 2 rings (SSSR count). The summed E-state index contributed by atoms with van der Waals surface area (Å²) in [6.07, 6.45) is 2.10. The van der Waals surface area contributed by atoms with Gasteiger partial charge in [0.15, 0.2) is 0 Å². The van der Waals surface area contributed by atoms with E-state index in [-0.39, 0.29) is 0 Å². The lowest BCUT2D eigenvalue weighted by Crippen LogP contribution is -1.72. The molecular weight excluding hydrogens is 184 g/mol. The summed E-state index contributed by atoms with van der Waals surface area (Å²) in [5.74, 6) is 0. The molecule has 2 aliphatic rings. The van der Waals surface area contributed by atoms with Crippen LogP contribution in [0.3, 0.4) is 0 Å². The Labute approximate surface area is 81.0 Å². The van der Waals surface area contributed by atoms with Gasteiger partial charge in [-0.05, 0) is 47.2 Å². The van der Waals surface area contributed by atoms with Gasteiger partial charge >= 0.3 is 0 Å². The van der Waals surface area contributed by atoms with Gasteiger partial charge in [-0.25, -0.2) is 0 Å². The number of fused-ring (bicyclic) bond motifs is 1. The van der Waals surface area contributed by atoms with Gasteiger partial charge in [0.1, 0.15) is 0 Å². The third-order valence-corrected chi connectivity index (χ3v) is 3.37. The Kier molecular flexibility index (Phi) is 2.11. The first-order valence-electron chi connectivity index (χ1n) is 3.68. The summed E-state index contributed by atoms with van der Waals surface area (Å²) >= 11 is 3.52. The third-order valence-electron chi connectivity index (χ3n) is 1.93. The zero-order valence-electron chi connectivity index (χ0n) is 6.83. The number of hydrogen-bond acceptors (Lipinski definition) is 2. The molecule has 0 bridgehead atoms. The van der Waals surface area contributed by atoms with Gasteiger partial charge in [-0.3, -0.25) is 0 Å². The van der Waals surface area contributed by atoms with Crippen LogP contribution in [0.4, 0.5) is 0 Å². The summed E-state index contributed by atoms with van der Waals surface area (Å²) in [5.41, 5.74) is 3.78. The van der Waals surface area contributed by atoms with Crippen LogP contribution in [0.1, 0.15) is 5.56 Å². The summed E-state index contributed by atoms with van der Waals surface area (Å²) in [6, 6.07) is 4.30. The maximum Gasteiger partial charge on any atom is 0.0159 e. The molecule has 61 valence electrons. The second-order valence-electron chi connectivity index (χ2n) is 2.62. The highest BCUT2D eigenvalue weighted by Crippen LogP contribution is 2.37. The molecule has 1 heterocycles. The van der Waals surface area contributed by atoms with Crippen LogP contribution in [0.5, 0.6) is 0 Å². The van der Waals surface area contributed by atoms with Gasteiger partial charge in [-0.2, -0.15) is 11.3 Å². The van der Waals surface area contributed by atoms with Crippen molar-refractivity contribution in [1.29, 1.82) is 0 Å². The number of hydrogen-bond donors (Lipinski definition) is 0. The molecule has 0 atom stereocenters. The summed E-state index contributed by atoms with van der Waals surface area (Å²) in [7, 11) is 0. The molecule has 2 heteroatoms. The minimum atomic E-state index is 1.14. The molecule has 1 aliphatic carbocycles. The van der Waals surface area contributed by atoms with Crippen molar-refractivity contribution in [3.05, 3.63) is 35.4 Å². The first-order valence-corrected chi connectivity index (χ1v) is 5.84. The van der Waals surface area contributed by atoms with E-state index in [9.17, 15) is 0 Å². The smallest absolute Gasteiger partial charge is 0.0159 e. The van der Waals surface area contributed by atoms with Gasteiger partial charge in [0.25, 0.3) is 0 Å². The maximum absolute atomic E-state index is 4.01. The van der Waals surface area contributed by atoms with Gasteiger partial charge in [0.05, 0.1) is 0 Å². The third kappa shape index (κ3) is 1.15. The molecule has 0 N–H and O–H groups in total. The summed E-state index contributed by atoms with van der Waals surface area (Å²) < 4.78 is 0. The SMILES string of the molecule is [CH2]c1cc(SC)c2csccc1-2. The Morgan fingerprint density at radius 3 is 3.00 bits per heavy atom. The van der Waals surface area contributed by atoms with Crippen molar-refractivity contribution in [2.24, 2.45) is 0 Å². The quantitative estimate of drug-likeness (QED) is 0.621. The zero-order chi connectivity index (χ0) is 8.55. The van der Waals surface area contributed by atoms with Crippen LogP contribution in [0.25, 0.3) is 11.1 Å². The molecule has 12 heavy (non-hydrogen) atoms. The zero-order valence-corrected chi connectivity index (χ0v) is 8.47. The van der Waals surface area contributed by atoms with Crippen LogP contribution in [-0.2, 0) is 0 Å². The molecule has 0 spiro atoms. The fourth-order valence-electron chi connectivity index (χ4n) is 1.32. The maximum atomic E-state index is 4.01. The normalized spacial score (nSPS) is 10.8. The predicted octanol–water partition coefficient (Wildman–Crippen LogP) is 3.76. The van der Waals surface area contributed by atoms with Crippen molar-refractivity contribution < 1.29 is 0 Å². The van der Waals surface area contributed by atoms with Gasteiger partial charge in [0.2, 0.25) is 0 Å². The molecule has 0 unspecified atom stereocenters.